The van der Waals surface area contributed by atoms with E-state index in [9.17, 15) is 14.4 Å². The lowest BCUT2D eigenvalue weighted by Crippen LogP contribution is -2.42. The molecule has 1 saturated heterocycles. The van der Waals surface area contributed by atoms with Gasteiger partial charge in [0.25, 0.3) is 5.91 Å². The van der Waals surface area contributed by atoms with E-state index < -0.39 is 12.1 Å². The molecule has 3 N–H and O–H groups in total. The number of rotatable bonds is 7. The lowest BCUT2D eigenvalue weighted by Gasteiger charge is -2.29. The van der Waals surface area contributed by atoms with Crippen molar-refractivity contribution in [2.24, 2.45) is 0 Å². The Morgan fingerprint density at radius 2 is 1.88 bits per heavy atom. The largest absolute Gasteiger partial charge is 0.497 e. The van der Waals surface area contributed by atoms with Crippen LogP contribution in [-0.2, 0) is 11.3 Å². The molecule has 0 unspecified atom stereocenters. The number of benzene rings is 2. The highest BCUT2D eigenvalue weighted by molar-refractivity contribution is 5.99. The molecule has 0 spiro atoms. The number of urea groups is 1. The van der Waals surface area contributed by atoms with Gasteiger partial charge in [-0.3, -0.25) is 20.3 Å². The van der Waals surface area contributed by atoms with Crippen molar-refractivity contribution >= 4 is 24.2 Å². The zero-order chi connectivity index (χ0) is 24.1. The zero-order valence-corrected chi connectivity index (χ0v) is 19.2. The Bertz CT molecular complexity index is 1080. The van der Waals surface area contributed by atoms with E-state index in [1.165, 1.54) is 6.42 Å². The molecular weight excluding hydrogens is 434 g/mol. The summed E-state index contributed by atoms with van der Waals surface area (Å²) in [5, 5.41) is 13.4. The Balaban J connectivity index is 1.52. The maximum atomic E-state index is 13.0. The van der Waals surface area contributed by atoms with Gasteiger partial charge in [0.2, 0.25) is 6.41 Å². The number of nitrogens with one attached hydrogen (secondary N) is 3. The molecule has 0 bridgehead atoms. The highest BCUT2D eigenvalue weighted by Gasteiger charge is 2.30. The number of hydrogen-bond acceptors (Lipinski definition) is 5. The van der Waals surface area contributed by atoms with Gasteiger partial charge in [-0.25, -0.2) is 4.79 Å². The number of carbonyl (C=O) groups is 3. The predicted octanol–water partition coefficient (Wildman–Crippen LogP) is 2.66. The van der Waals surface area contributed by atoms with Gasteiger partial charge in [0.05, 0.1) is 13.2 Å². The van der Waals surface area contributed by atoms with Crippen molar-refractivity contribution in [3.8, 4) is 5.75 Å². The average Bonchev–Trinajstić information content (AvgIpc) is 3.18. The van der Waals surface area contributed by atoms with Crippen molar-refractivity contribution in [2.45, 2.75) is 31.8 Å². The molecule has 4 amide bonds. The number of amidine groups is 1. The standard InChI is InChI=1S/C25H29N5O4/c1-34-20-10-9-19-14-30(24(32)21(19)13-20)15-22(28-25(33)27-16-31)17-5-7-18(8-6-17)23(26)29-11-3-2-4-12-29/h5-10,13,16,22,26H,2-4,11-12,14-15H2,1H3,(H2,27,28,31,33)/t22-/m0/s1. The highest BCUT2D eigenvalue weighted by Crippen LogP contribution is 2.28. The van der Waals surface area contributed by atoms with Crippen LogP contribution in [0.25, 0.3) is 0 Å². The summed E-state index contributed by atoms with van der Waals surface area (Å²) in [4.78, 5) is 39.6. The van der Waals surface area contributed by atoms with Gasteiger partial charge in [-0.05, 0) is 42.5 Å². The Morgan fingerprint density at radius 3 is 2.56 bits per heavy atom. The summed E-state index contributed by atoms with van der Waals surface area (Å²) >= 11 is 0. The number of ether oxygens (including phenoxy) is 1. The number of fused-ring (bicyclic) bond motifs is 1. The van der Waals surface area contributed by atoms with E-state index >= 15 is 0 Å². The highest BCUT2D eigenvalue weighted by atomic mass is 16.5. The van der Waals surface area contributed by atoms with Crippen LogP contribution in [0.4, 0.5) is 4.79 Å². The summed E-state index contributed by atoms with van der Waals surface area (Å²) < 4.78 is 5.24. The molecule has 2 heterocycles. The van der Waals surface area contributed by atoms with Gasteiger partial charge in [-0.1, -0.05) is 30.3 Å². The number of hydrogen-bond donors (Lipinski definition) is 3. The van der Waals surface area contributed by atoms with Gasteiger partial charge in [0, 0.05) is 37.3 Å². The van der Waals surface area contributed by atoms with Gasteiger partial charge >= 0.3 is 6.03 Å². The van der Waals surface area contributed by atoms with Gasteiger partial charge < -0.3 is 19.9 Å². The SMILES string of the molecule is COc1ccc2c(c1)C(=O)N(C[C@H](NC(=O)NC=O)c1ccc(C(=N)N3CCCCC3)cc1)C2. The quantitative estimate of drug-likeness (QED) is 0.332. The summed E-state index contributed by atoms with van der Waals surface area (Å²) in [5.74, 6) is 0.967. The van der Waals surface area contributed by atoms with Crippen LogP contribution in [-0.4, -0.2) is 60.7 Å². The fraction of sp³-hybridized carbons (Fsp3) is 0.360. The van der Waals surface area contributed by atoms with Crippen LogP contribution in [0.15, 0.2) is 42.5 Å². The number of amides is 4. The van der Waals surface area contributed by atoms with E-state index in [4.69, 9.17) is 10.1 Å². The lowest BCUT2D eigenvalue weighted by molar-refractivity contribution is -0.108. The molecule has 4 rings (SSSR count). The van der Waals surface area contributed by atoms with Crippen molar-refractivity contribution < 1.29 is 19.1 Å². The second kappa shape index (κ2) is 10.4. The van der Waals surface area contributed by atoms with Crippen molar-refractivity contribution in [3.63, 3.8) is 0 Å². The minimum absolute atomic E-state index is 0.139. The molecule has 2 aliphatic heterocycles. The summed E-state index contributed by atoms with van der Waals surface area (Å²) in [6, 6.07) is 11.7. The Hall–Kier alpha value is -3.88. The molecule has 0 aromatic heterocycles. The first kappa shape index (κ1) is 23.3. The minimum atomic E-state index is -0.643. The third-order valence-electron chi connectivity index (χ3n) is 6.35. The molecule has 0 saturated carbocycles. The topological polar surface area (TPSA) is 115 Å². The average molecular weight is 464 g/mol. The van der Waals surface area contributed by atoms with Crippen LogP contribution in [0, 0.1) is 5.41 Å². The van der Waals surface area contributed by atoms with E-state index in [-0.39, 0.29) is 12.5 Å². The first-order chi connectivity index (χ1) is 16.5. The lowest BCUT2D eigenvalue weighted by atomic mass is 10.0. The molecule has 1 atom stereocenters. The Labute approximate surface area is 198 Å². The van der Waals surface area contributed by atoms with Crippen molar-refractivity contribution in [2.75, 3.05) is 26.7 Å². The normalized spacial score (nSPS) is 16.0. The second-order valence-corrected chi connectivity index (χ2v) is 8.52. The van der Waals surface area contributed by atoms with Crippen LogP contribution >= 0.6 is 0 Å². The van der Waals surface area contributed by atoms with Gasteiger partial charge in [-0.15, -0.1) is 0 Å². The van der Waals surface area contributed by atoms with E-state index in [2.05, 4.69) is 15.5 Å². The van der Waals surface area contributed by atoms with E-state index in [0.717, 1.165) is 42.6 Å². The van der Waals surface area contributed by atoms with Gasteiger partial charge in [-0.2, -0.15) is 0 Å². The summed E-state index contributed by atoms with van der Waals surface area (Å²) in [6.07, 6.45) is 3.70. The van der Waals surface area contributed by atoms with Gasteiger partial charge in [0.15, 0.2) is 0 Å². The fourth-order valence-corrected chi connectivity index (χ4v) is 4.50. The third kappa shape index (κ3) is 5.03. The number of methoxy groups -OCH3 is 1. The molecule has 0 radical (unpaired) electrons. The maximum Gasteiger partial charge on any atom is 0.321 e. The number of carbonyl (C=O) groups excluding carboxylic acids is 3. The first-order valence-corrected chi connectivity index (χ1v) is 11.4. The molecule has 2 aromatic rings. The maximum absolute atomic E-state index is 13.0. The zero-order valence-electron chi connectivity index (χ0n) is 19.2. The minimum Gasteiger partial charge on any atom is -0.497 e. The Morgan fingerprint density at radius 1 is 1.15 bits per heavy atom. The van der Waals surface area contributed by atoms with Crippen molar-refractivity contribution in [1.82, 2.24) is 20.4 Å². The molecule has 9 nitrogen and oxygen atoms in total. The number of imide groups is 1. The van der Waals surface area contributed by atoms with Crippen molar-refractivity contribution in [1.29, 1.82) is 5.41 Å². The molecular formula is C25H29N5O4. The van der Waals surface area contributed by atoms with Crippen LogP contribution in [0.5, 0.6) is 5.75 Å². The molecule has 1 fully saturated rings. The molecule has 178 valence electrons. The second-order valence-electron chi connectivity index (χ2n) is 8.52. The van der Waals surface area contributed by atoms with E-state index in [1.54, 1.807) is 18.1 Å². The third-order valence-corrected chi connectivity index (χ3v) is 6.35. The van der Waals surface area contributed by atoms with E-state index in [1.807, 2.05) is 36.4 Å². The fourth-order valence-electron chi connectivity index (χ4n) is 4.50. The molecule has 2 aliphatic rings. The molecule has 34 heavy (non-hydrogen) atoms. The van der Waals surface area contributed by atoms with E-state index in [0.29, 0.717) is 30.1 Å². The molecule has 2 aromatic carbocycles. The number of likely N-dealkylation sites (tertiary alicyclic amines) is 1. The van der Waals surface area contributed by atoms with Gasteiger partial charge in [0.1, 0.15) is 11.6 Å². The summed E-state index contributed by atoms with van der Waals surface area (Å²) in [7, 11) is 1.55. The monoisotopic (exact) mass is 463 g/mol. The van der Waals surface area contributed by atoms with Crippen LogP contribution < -0.4 is 15.4 Å². The molecule has 0 aliphatic carbocycles. The predicted molar refractivity (Wildman–Crippen MR) is 127 cm³/mol. The van der Waals surface area contributed by atoms with Crippen LogP contribution in [0.3, 0.4) is 0 Å². The summed E-state index contributed by atoms with van der Waals surface area (Å²) in [6.45, 7) is 2.42. The first-order valence-electron chi connectivity index (χ1n) is 11.4. The number of piperidine rings is 1. The van der Waals surface area contributed by atoms with Crippen LogP contribution in [0.1, 0.15) is 52.4 Å². The number of nitrogens with zero attached hydrogens (tertiary/aromatic N) is 2. The smallest absolute Gasteiger partial charge is 0.321 e. The molecule has 9 heteroatoms. The van der Waals surface area contributed by atoms with Crippen LogP contribution in [0.2, 0.25) is 0 Å². The Kier molecular flexibility index (Phi) is 7.10. The summed E-state index contributed by atoms with van der Waals surface area (Å²) in [5.41, 5.74) is 3.06. The van der Waals surface area contributed by atoms with Crippen molar-refractivity contribution in [3.05, 3.63) is 64.7 Å².